The van der Waals surface area contributed by atoms with Crippen molar-refractivity contribution >= 4 is 11.9 Å². The first-order chi connectivity index (χ1) is 9.52. The molecule has 4 nitrogen and oxygen atoms in total. The summed E-state index contributed by atoms with van der Waals surface area (Å²) in [5.41, 5.74) is 2.39. The fourth-order valence-electron chi connectivity index (χ4n) is 2.19. The fourth-order valence-corrected chi connectivity index (χ4v) is 2.19. The molecule has 0 heterocycles. The van der Waals surface area contributed by atoms with Crippen LogP contribution in [0.4, 0.5) is 0 Å². The van der Waals surface area contributed by atoms with Crippen molar-refractivity contribution in [3.05, 3.63) is 35.4 Å². The number of aryl methyl sites for hydroxylation is 2. The van der Waals surface area contributed by atoms with Gasteiger partial charge in [-0.3, -0.25) is 9.59 Å². The predicted octanol–water partition coefficient (Wildman–Crippen LogP) is 3.14. The van der Waals surface area contributed by atoms with Crippen LogP contribution in [0.3, 0.4) is 0 Å². The molecule has 0 unspecified atom stereocenters. The molecule has 1 atom stereocenters. The number of hydrogen-bond donors (Lipinski definition) is 2. The molecule has 4 heteroatoms. The van der Waals surface area contributed by atoms with E-state index in [0.29, 0.717) is 12.8 Å². The van der Waals surface area contributed by atoms with E-state index in [1.54, 1.807) is 0 Å². The van der Waals surface area contributed by atoms with Crippen LogP contribution < -0.4 is 0 Å². The van der Waals surface area contributed by atoms with E-state index in [-0.39, 0.29) is 12.8 Å². The normalized spacial score (nSPS) is 12.1. The highest BCUT2D eigenvalue weighted by atomic mass is 16.4. The molecule has 0 aliphatic carbocycles. The fraction of sp³-hybridized carbons (Fsp3) is 0.500. The summed E-state index contributed by atoms with van der Waals surface area (Å²) in [6, 6.07) is 8.21. The Morgan fingerprint density at radius 2 is 1.55 bits per heavy atom. The molecule has 0 radical (unpaired) electrons. The van der Waals surface area contributed by atoms with Crippen molar-refractivity contribution in [3.63, 3.8) is 0 Å². The van der Waals surface area contributed by atoms with Crippen LogP contribution in [0, 0.1) is 5.92 Å². The molecule has 0 saturated carbocycles. The number of carbonyl (C=O) groups is 2. The molecule has 0 amide bonds. The summed E-state index contributed by atoms with van der Waals surface area (Å²) >= 11 is 0. The molecule has 0 fully saturated rings. The Hall–Kier alpha value is -1.84. The van der Waals surface area contributed by atoms with Gasteiger partial charge in [0.2, 0.25) is 0 Å². The molecule has 0 spiro atoms. The highest BCUT2D eigenvalue weighted by Gasteiger charge is 2.18. The molecule has 1 aromatic carbocycles. The van der Waals surface area contributed by atoms with Crippen molar-refractivity contribution in [1.29, 1.82) is 0 Å². The SMILES string of the molecule is CCCc1ccc(CC[C@@H](CCC(=O)O)C(=O)O)cc1. The largest absolute Gasteiger partial charge is 0.481 e. The zero-order valence-corrected chi connectivity index (χ0v) is 11.8. The maximum atomic E-state index is 11.1. The Kier molecular flexibility index (Phi) is 6.77. The highest BCUT2D eigenvalue weighted by molar-refractivity contribution is 5.72. The van der Waals surface area contributed by atoms with Crippen LogP contribution in [0.15, 0.2) is 24.3 Å². The third kappa shape index (κ3) is 5.87. The topological polar surface area (TPSA) is 74.6 Å². The second kappa shape index (κ2) is 8.35. The second-order valence-corrected chi connectivity index (χ2v) is 5.07. The first-order valence-corrected chi connectivity index (χ1v) is 7.05. The number of carboxylic acids is 2. The van der Waals surface area contributed by atoms with Crippen molar-refractivity contribution in [2.75, 3.05) is 0 Å². The summed E-state index contributed by atoms with van der Waals surface area (Å²) in [6.45, 7) is 2.13. The van der Waals surface area contributed by atoms with Gasteiger partial charge in [0.25, 0.3) is 0 Å². The molecule has 0 aromatic heterocycles. The zero-order valence-electron chi connectivity index (χ0n) is 11.8. The van der Waals surface area contributed by atoms with E-state index in [9.17, 15) is 9.59 Å². The van der Waals surface area contributed by atoms with Gasteiger partial charge < -0.3 is 10.2 Å². The van der Waals surface area contributed by atoms with E-state index in [1.807, 2.05) is 12.1 Å². The minimum atomic E-state index is -0.944. The lowest BCUT2D eigenvalue weighted by molar-refractivity contribution is -0.143. The molecular weight excluding hydrogens is 256 g/mol. The Bertz CT molecular complexity index is 436. The number of rotatable bonds is 9. The maximum Gasteiger partial charge on any atom is 0.306 e. The first-order valence-electron chi connectivity index (χ1n) is 7.05. The molecule has 2 N–H and O–H groups in total. The first kappa shape index (κ1) is 16.2. The summed E-state index contributed by atoms with van der Waals surface area (Å²) in [5, 5.41) is 17.7. The molecular formula is C16H22O4. The quantitative estimate of drug-likeness (QED) is 0.727. The zero-order chi connectivity index (χ0) is 15.0. The van der Waals surface area contributed by atoms with Gasteiger partial charge >= 0.3 is 11.9 Å². The van der Waals surface area contributed by atoms with Crippen molar-refractivity contribution in [2.45, 2.75) is 45.4 Å². The smallest absolute Gasteiger partial charge is 0.306 e. The molecule has 1 rings (SSSR count). The molecule has 0 aliphatic rings. The summed E-state index contributed by atoms with van der Waals surface area (Å²) in [6.07, 6.45) is 3.41. The van der Waals surface area contributed by atoms with Gasteiger partial charge in [-0.15, -0.1) is 0 Å². The number of carboxylic acid groups (broad SMARTS) is 2. The van der Waals surface area contributed by atoms with E-state index in [4.69, 9.17) is 10.2 Å². The standard InChI is InChI=1S/C16H22O4/c1-2-3-12-4-6-13(7-5-12)8-9-14(16(19)20)10-11-15(17)18/h4-7,14H,2-3,8-11H2,1H3,(H,17,18)(H,19,20)/t14-/m0/s1. The average Bonchev–Trinajstić information content (AvgIpc) is 2.40. The monoisotopic (exact) mass is 278 g/mol. The third-order valence-corrected chi connectivity index (χ3v) is 3.40. The molecule has 110 valence electrons. The minimum absolute atomic E-state index is 0.0909. The predicted molar refractivity (Wildman–Crippen MR) is 76.8 cm³/mol. The van der Waals surface area contributed by atoms with Crippen molar-refractivity contribution < 1.29 is 19.8 Å². The van der Waals surface area contributed by atoms with Gasteiger partial charge in [-0.05, 0) is 36.8 Å². The summed E-state index contributed by atoms with van der Waals surface area (Å²) in [5.74, 6) is -2.43. The van der Waals surface area contributed by atoms with Gasteiger partial charge in [-0.1, -0.05) is 37.6 Å². The minimum Gasteiger partial charge on any atom is -0.481 e. The van der Waals surface area contributed by atoms with Crippen molar-refractivity contribution in [3.8, 4) is 0 Å². The molecule has 0 saturated heterocycles. The lowest BCUT2D eigenvalue weighted by Crippen LogP contribution is -2.16. The van der Waals surface area contributed by atoms with Gasteiger partial charge in [-0.2, -0.15) is 0 Å². The van der Waals surface area contributed by atoms with Gasteiger partial charge in [0.05, 0.1) is 5.92 Å². The highest BCUT2D eigenvalue weighted by Crippen LogP contribution is 2.16. The van der Waals surface area contributed by atoms with Crippen LogP contribution in [0.2, 0.25) is 0 Å². The van der Waals surface area contributed by atoms with Crippen LogP contribution in [0.1, 0.15) is 43.7 Å². The van der Waals surface area contributed by atoms with Crippen molar-refractivity contribution in [1.82, 2.24) is 0 Å². The number of benzene rings is 1. The molecule has 0 bridgehead atoms. The second-order valence-electron chi connectivity index (χ2n) is 5.07. The average molecular weight is 278 g/mol. The Morgan fingerprint density at radius 1 is 1.00 bits per heavy atom. The van der Waals surface area contributed by atoms with E-state index in [1.165, 1.54) is 5.56 Å². The van der Waals surface area contributed by atoms with Crippen LogP contribution in [-0.4, -0.2) is 22.2 Å². The van der Waals surface area contributed by atoms with E-state index >= 15 is 0 Å². The lowest BCUT2D eigenvalue weighted by atomic mass is 9.94. The van der Waals surface area contributed by atoms with Gasteiger partial charge in [-0.25, -0.2) is 0 Å². The van der Waals surface area contributed by atoms with E-state index in [2.05, 4.69) is 19.1 Å². The summed E-state index contributed by atoms with van der Waals surface area (Å²) in [7, 11) is 0. The Morgan fingerprint density at radius 3 is 2.00 bits per heavy atom. The van der Waals surface area contributed by atoms with E-state index in [0.717, 1.165) is 18.4 Å². The van der Waals surface area contributed by atoms with E-state index < -0.39 is 17.9 Å². The summed E-state index contributed by atoms with van der Waals surface area (Å²) < 4.78 is 0. The number of hydrogen-bond acceptors (Lipinski definition) is 2. The third-order valence-electron chi connectivity index (χ3n) is 3.40. The van der Waals surface area contributed by atoms with Gasteiger partial charge in [0.15, 0.2) is 0 Å². The molecule has 20 heavy (non-hydrogen) atoms. The van der Waals surface area contributed by atoms with Gasteiger partial charge in [0.1, 0.15) is 0 Å². The van der Waals surface area contributed by atoms with Crippen LogP contribution >= 0.6 is 0 Å². The van der Waals surface area contributed by atoms with Crippen LogP contribution in [-0.2, 0) is 22.4 Å². The number of aliphatic carboxylic acids is 2. The van der Waals surface area contributed by atoms with Crippen LogP contribution in [0.25, 0.3) is 0 Å². The lowest BCUT2D eigenvalue weighted by Gasteiger charge is -2.11. The van der Waals surface area contributed by atoms with Crippen LogP contribution in [0.5, 0.6) is 0 Å². The molecule has 1 aromatic rings. The Balaban J connectivity index is 2.49. The van der Waals surface area contributed by atoms with Gasteiger partial charge in [0, 0.05) is 6.42 Å². The summed E-state index contributed by atoms with van der Waals surface area (Å²) in [4.78, 5) is 21.6. The van der Waals surface area contributed by atoms with Crippen molar-refractivity contribution in [2.24, 2.45) is 5.92 Å². The molecule has 0 aliphatic heterocycles. The Labute approximate surface area is 119 Å². The maximum absolute atomic E-state index is 11.1.